The van der Waals surface area contributed by atoms with Crippen LogP contribution in [-0.4, -0.2) is 16.9 Å². The number of nitrogens with one attached hydrogen (secondary N) is 1. The minimum Gasteiger partial charge on any atom is -0.384 e. The molecule has 0 aliphatic heterocycles. The third kappa shape index (κ3) is 2.88. The fraction of sp³-hybridized carbons (Fsp3) is 0.500. The van der Waals surface area contributed by atoms with Gasteiger partial charge >= 0.3 is 0 Å². The van der Waals surface area contributed by atoms with Gasteiger partial charge in [-0.2, -0.15) is 0 Å². The van der Waals surface area contributed by atoms with Crippen LogP contribution in [0.1, 0.15) is 36.5 Å². The molecule has 1 aliphatic carbocycles. The Kier molecular flexibility index (Phi) is 3.52. The number of hydrogen-bond donors (Lipinski definition) is 2. The summed E-state index contributed by atoms with van der Waals surface area (Å²) in [6.07, 6.45) is 4.63. The van der Waals surface area contributed by atoms with Crippen molar-refractivity contribution in [2.24, 2.45) is 5.92 Å². The maximum absolute atomic E-state index is 12.0. The van der Waals surface area contributed by atoms with Gasteiger partial charge < -0.3 is 11.1 Å². The fourth-order valence-electron chi connectivity index (χ4n) is 2.23. The highest BCUT2D eigenvalue weighted by atomic mass is 35.5. The zero-order valence-electron chi connectivity index (χ0n) is 9.74. The van der Waals surface area contributed by atoms with Crippen LogP contribution in [0.15, 0.2) is 12.3 Å². The fourth-order valence-corrected chi connectivity index (χ4v) is 2.42. The van der Waals surface area contributed by atoms with Crippen LogP contribution in [0.25, 0.3) is 0 Å². The van der Waals surface area contributed by atoms with Gasteiger partial charge in [0.2, 0.25) is 0 Å². The molecule has 5 heteroatoms. The molecule has 0 spiro atoms. The number of amides is 1. The number of nitrogens with two attached hydrogens (primary N) is 1. The molecule has 1 heterocycles. The highest BCUT2D eigenvalue weighted by Gasteiger charge is 2.23. The smallest absolute Gasteiger partial charge is 0.253 e. The number of rotatable bonds is 2. The third-order valence-electron chi connectivity index (χ3n) is 3.15. The summed E-state index contributed by atoms with van der Waals surface area (Å²) in [6, 6.07) is 1.76. The Labute approximate surface area is 106 Å². The van der Waals surface area contributed by atoms with Crippen molar-refractivity contribution in [2.45, 2.75) is 32.2 Å². The number of nitrogens with zero attached hydrogens (tertiary/aromatic N) is 1. The van der Waals surface area contributed by atoms with Crippen LogP contribution in [0.3, 0.4) is 0 Å². The molecule has 17 heavy (non-hydrogen) atoms. The first-order chi connectivity index (χ1) is 8.06. The summed E-state index contributed by atoms with van der Waals surface area (Å²) in [6.45, 7) is 2.20. The average molecular weight is 254 g/mol. The Balaban J connectivity index is 2.06. The van der Waals surface area contributed by atoms with E-state index in [1.54, 1.807) is 0 Å². The molecule has 2 rings (SSSR count). The zero-order chi connectivity index (χ0) is 12.4. The minimum absolute atomic E-state index is 0.164. The molecule has 2 unspecified atom stereocenters. The van der Waals surface area contributed by atoms with Crippen molar-refractivity contribution in [3.63, 3.8) is 0 Å². The van der Waals surface area contributed by atoms with E-state index in [1.165, 1.54) is 12.3 Å². The molecule has 0 bridgehead atoms. The summed E-state index contributed by atoms with van der Waals surface area (Å²) in [5.41, 5.74) is 5.95. The summed E-state index contributed by atoms with van der Waals surface area (Å²) < 4.78 is 0. The van der Waals surface area contributed by atoms with Crippen molar-refractivity contribution >= 4 is 23.3 Å². The van der Waals surface area contributed by atoms with Crippen LogP contribution in [0.2, 0.25) is 5.02 Å². The van der Waals surface area contributed by atoms with Gasteiger partial charge in [-0.1, -0.05) is 18.5 Å². The van der Waals surface area contributed by atoms with Crippen molar-refractivity contribution in [3.8, 4) is 0 Å². The molecule has 1 aromatic heterocycles. The number of carbonyl (C=O) groups excluding carboxylic acids is 1. The van der Waals surface area contributed by atoms with Crippen LogP contribution in [0, 0.1) is 5.92 Å². The zero-order valence-corrected chi connectivity index (χ0v) is 10.5. The first kappa shape index (κ1) is 12.2. The van der Waals surface area contributed by atoms with Gasteiger partial charge in [0.15, 0.2) is 0 Å². The van der Waals surface area contributed by atoms with Crippen LogP contribution in [-0.2, 0) is 0 Å². The summed E-state index contributed by atoms with van der Waals surface area (Å²) in [4.78, 5) is 15.8. The van der Waals surface area contributed by atoms with Gasteiger partial charge in [-0.25, -0.2) is 4.98 Å². The molecule has 2 atom stereocenters. The maximum Gasteiger partial charge on any atom is 0.253 e. The van der Waals surface area contributed by atoms with Crippen LogP contribution in [0.5, 0.6) is 0 Å². The second-order valence-electron chi connectivity index (χ2n) is 4.68. The van der Waals surface area contributed by atoms with Crippen molar-refractivity contribution in [3.05, 3.63) is 22.8 Å². The first-order valence-electron chi connectivity index (χ1n) is 5.78. The van der Waals surface area contributed by atoms with Gasteiger partial charge in [-0.05, 0) is 31.2 Å². The third-order valence-corrected chi connectivity index (χ3v) is 3.45. The lowest BCUT2D eigenvalue weighted by molar-refractivity contribution is 0.0937. The molecular weight excluding hydrogens is 238 g/mol. The number of aromatic nitrogens is 1. The van der Waals surface area contributed by atoms with E-state index in [4.69, 9.17) is 17.3 Å². The Morgan fingerprint density at radius 2 is 2.35 bits per heavy atom. The SMILES string of the molecule is CC1CCC(NC(=O)c2cc(N)ncc2Cl)C1. The monoisotopic (exact) mass is 253 g/mol. The number of hydrogen-bond acceptors (Lipinski definition) is 3. The summed E-state index contributed by atoms with van der Waals surface area (Å²) >= 11 is 5.93. The summed E-state index contributed by atoms with van der Waals surface area (Å²) in [5.74, 6) is 0.820. The Hall–Kier alpha value is -1.29. The molecule has 0 aromatic carbocycles. The summed E-state index contributed by atoms with van der Waals surface area (Å²) in [7, 11) is 0. The Morgan fingerprint density at radius 1 is 1.59 bits per heavy atom. The average Bonchev–Trinajstić information content (AvgIpc) is 2.67. The van der Waals surface area contributed by atoms with Gasteiger partial charge in [0.25, 0.3) is 5.91 Å². The second-order valence-corrected chi connectivity index (χ2v) is 5.08. The Bertz CT molecular complexity index is 436. The standard InChI is InChI=1S/C12H16ClN3O/c1-7-2-3-8(4-7)16-12(17)9-5-11(14)15-6-10(9)13/h5-8H,2-4H2,1H3,(H2,14,15)(H,16,17). The van der Waals surface area contributed by atoms with E-state index in [2.05, 4.69) is 17.2 Å². The highest BCUT2D eigenvalue weighted by molar-refractivity contribution is 6.33. The predicted octanol–water partition coefficient (Wildman–Crippen LogP) is 2.24. The molecule has 1 amide bonds. The molecule has 0 saturated heterocycles. The van der Waals surface area contributed by atoms with Crippen molar-refractivity contribution in [1.82, 2.24) is 10.3 Å². The van der Waals surface area contributed by atoms with E-state index < -0.39 is 0 Å². The number of nitrogen functional groups attached to an aromatic ring is 1. The van der Waals surface area contributed by atoms with E-state index in [9.17, 15) is 4.79 Å². The van der Waals surface area contributed by atoms with Gasteiger partial charge in [-0.3, -0.25) is 4.79 Å². The lowest BCUT2D eigenvalue weighted by Crippen LogP contribution is -2.33. The van der Waals surface area contributed by atoms with E-state index in [0.717, 1.165) is 19.3 Å². The van der Waals surface area contributed by atoms with E-state index >= 15 is 0 Å². The molecule has 1 aromatic rings. The van der Waals surface area contributed by atoms with E-state index in [0.29, 0.717) is 22.3 Å². The van der Waals surface area contributed by atoms with Crippen LogP contribution < -0.4 is 11.1 Å². The van der Waals surface area contributed by atoms with Crippen molar-refractivity contribution in [1.29, 1.82) is 0 Å². The minimum atomic E-state index is -0.164. The van der Waals surface area contributed by atoms with Gasteiger partial charge in [0.05, 0.1) is 10.6 Å². The van der Waals surface area contributed by atoms with E-state index in [1.807, 2.05) is 0 Å². The number of carbonyl (C=O) groups is 1. The first-order valence-corrected chi connectivity index (χ1v) is 6.16. The number of anilines is 1. The molecule has 3 N–H and O–H groups in total. The lowest BCUT2D eigenvalue weighted by Gasteiger charge is -2.13. The van der Waals surface area contributed by atoms with Crippen LogP contribution in [0.4, 0.5) is 5.82 Å². The largest absolute Gasteiger partial charge is 0.384 e. The lowest BCUT2D eigenvalue weighted by atomic mass is 10.1. The maximum atomic E-state index is 12.0. The molecule has 1 aliphatic rings. The topological polar surface area (TPSA) is 68.0 Å². The molecule has 4 nitrogen and oxygen atoms in total. The van der Waals surface area contributed by atoms with Crippen molar-refractivity contribution < 1.29 is 4.79 Å². The van der Waals surface area contributed by atoms with Gasteiger partial charge in [-0.15, -0.1) is 0 Å². The number of halogens is 1. The predicted molar refractivity (Wildman–Crippen MR) is 67.9 cm³/mol. The van der Waals surface area contributed by atoms with Gasteiger partial charge in [0, 0.05) is 12.2 Å². The molecule has 92 valence electrons. The van der Waals surface area contributed by atoms with E-state index in [-0.39, 0.29) is 11.9 Å². The quantitative estimate of drug-likeness (QED) is 0.849. The van der Waals surface area contributed by atoms with Crippen LogP contribution >= 0.6 is 11.6 Å². The molecule has 1 saturated carbocycles. The molecule has 1 fully saturated rings. The summed E-state index contributed by atoms with van der Waals surface area (Å²) in [5, 5.41) is 3.32. The highest BCUT2D eigenvalue weighted by Crippen LogP contribution is 2.25. The molecule has 0 radical (unpaired) electrons. The normalized spacial score (nSPS) is 23.6. The van der Waals surface area contributed by atoms with Gasteiger partial charge in [0.1, 0.15) is 5.82 Å². The number of pyridine rings is 1. The van der Waals surface area contributed by atoms with Crippen molar-refractivity contribution in [2.75, 3.05) is 5.73 Å². The Morgan fingerprint density at radius 3 is 3.00 bits per heavy atom. The second kappa shape index (κ2) is 4.92. The molecular formula is C12H16ClN3O.